The van der Waals surface area contributed by atoms with E-state index in [9.17, 15) is 14.4 Å². The fourth-order valence-electron chi connectivity index (χ4n) is 6.04. The van der Waals surface area contributed by atoms with Gasteiger partial charge in [0.1, 0.15) is 13.2 Å². The van der Waals surface area contributed by atoms with E-state index in [2.05, 4.69) is 69.4 Å². The topological polar surface area (TPSA) is 78.9 Å². The van der Waals surface area contributed by atoms with Crippen molar-refractivity contribution >= 4 is 17.9 Å². The maximum Gasteiger partial charge on any atom is 0.306 e. The van der Waals surface area contributed by atoms with Crippen LogP contribution in [0.2, 0.25) is 0 Å². The van der Waals surface area contributed by atoms with Crippen molar-refractivity contribution in [2.45, 2.75) is 226 Å². The average Bonchev–Trinajstić information content (AvgIpc) is 3.17. The first-order valence-corrected chi connectivity index (χ1v) is 22.7. The first kappa shape index (κ1) is 51.4. The van der Waals surface area contributed by atoms with Gasteiger partial charge in [-0.05, 0) is 83.5 Å². The fraction of sp³-hybridized carbons (Fsp3) is 0.771. The monoisotopic (exact) mass is 757 g/mol. The van der Waals surface area contributed by atoms with Gasteiger partial charge in [0.2, 0.25) is 0 Å². The summed E-state index contributed by atoms with van der Waals surface area (Å²) in [7, 11) is 0. The summed E-state index contributed by atoms with van der Waals surface area (Å²) in [5, 5.41) is 0. The molecular weight excluding hydrogens is 673 g/mol. The number of allylic oxidation sites excluding steroid dienone is 8. The Morgan fingerprint density at radius 2 is 0.685 bits per heavy atom. The van der Waals surface area contributed by atoms with Gasteiger partial charge < -0.3 is 14.2 Å². The highest BCUT2D eigenvalue weighted by Gasteiger charge is 2.19. The van der Waals surface area contributed by atoms with Gasteiger partial charge in [0.15, 0.2) is 6.10 Å². The van der Waals surface area contributed by atoms with Gasteiger partial charge in [-0.3, -0.25) is 14.4 Å². The molecule has 6 heteroatoms. The number of carbonyl (C=O) groups excluding carboxylic acids is 3. The third kappa shape index (κ3) is 40.6. The lowest BCUT2D eigenvalue weighted by Gasteiger charge is -2.18. The normalized spacial score (nSPS) is 12.4. The zero-order valence-electron chi connectivity index (χ0n) is 35.5. The molecule has 0 aliphatic carbocycles. The molecule has 0 saturated carbocycles. The molecule has 54 heavy (non-hydrogen) atoms. The van der Waals surface area contributed by atoms with Crippen molar-refractivity contribution in [1.29, 1.82) is 0 Å². The Kier molecular flexibility index (Phi) is 41.0. The molecular formula is C48H84O6. The molecule has 0 amide bonds. The van der Waals surface area contributed by atoms with E-state index in [0.717, 1.165) is 96.3 Å². The highest BCUT2D eigenvalue weighted by Crippen LogP contribution is 2.13. The molecule has 1 atom stereocenters. The van der Waals surface area contributed by atoms with Gasteiger partial charge in [-0.25, -0.2) is 0 Å². The average molecular weight is 757 g/mol. The van der Waals surface area contributed by atoms with Crippen molar-refractivity contribution in [3.8, 4) is 0 Å². The van der Waals surface area contributed by atoms with E-state index in [4.69, 9.17) is 14.2 Å². The van der Waals surface area contributed by atoms with E-state index in [1.807, 2.05) is 0 Å². The van der Waals surface area contributed by atoms with Crippen molar-refractivity contribution < 1.29 is 28.6 Å². The lowest BCUT2D eigenvalue weighted by Crippen LogP contribution is -2.30. The molecule has 1 unspecified atom stereocenters. The predicted octanol–water partition coefficient (Wildman–Crippen LogP) is 14.4. The second-order valence-electron chi connectivity index (χ2n) is 15.0. The van der Waals surface area contributed by atoms with E-state index in [-0.39, 0.29) is 31.1 Å². The van der Waals surface area contributed by atoms with Gasteiger partial charge in [0.25, 0.3) is 0 Å². The van der Waals surface area contributed by atoms with Gasteiger partial charge >= 0.3 is 17.9 Å². The quantitative estimate of drug-likeness (QED) is 0.0204. The van der Waals surface area contributed by atoms with Crippen LogP contribution in [0.5, 0.6) is 0 Å². The molecule has 0 rings (SSSR count). The minimum atomic E-state index is -0.782. The molecule has 0 N–H and O–H groups in total. The Bertz CT molecular complexity index is 964. The van der Waals surface area contributed by atoms with Crippen LogP contribution < -0.4 is 0 Å². The maximum atomic E-state index is 12.7. The second kappa shape index (κ2) is 43.1. The van der Waals surface area contributed by atoms with Gasteiger partial charge in [0.05, 0.1) is 0 Å². The van der Waals surface area contributed by atoms with Gasteiger partial charge in [-0.2, -0.15) is 0 Å². The summed E-state index contributed by atoms with van der Waals surface area (Å²) in [6, 6.07) is 0. The van der Waals surface area contributed by atoms with E-state index in [1.165, 1.54) is 83.5 Å². The number of unbranched alkanes of at least 4 members (excludes halogenated alkanes) is 22. The summed E-state index contributed by atoms with van der Waals surface area (Å²) in [5.41, 5.74) is 0. The predicted molar refractivity (Wildman–Crippen MR) is 229 cm³/mol. The molecule has 0 aliphatic rings. The Hall–Kier alpha value is -2.63. The van der Waals surface area contributed by atoms with Crippen LogP contribution in [0, 0.1) is 0 Å². The SMILES string of the molecule is CCCC/C=C\CCCCCCCC(=O)OC(COC(=O)CCCCCC/C=C\CCCC)COC(=O)CCCCCCCC/C=C\C=C/CCCCC. The van der Waals surface area contributed by atoms with Crippen molar-refractivity contribution in [2.75, 3.05) is 13.2 Å². The molecule has 0 aromatic rings. The van der Waals surface area contributed by atoms with Gasteiger partial charge in [-0.1, -0.05) is 166 Å². The molecule has 0 bridgehead atoms. The zero-order valence-corrected chi connectivity index (χ0v) is 35.5. The van der Waals surface area contributed by atoms with Crippen LogP contribution in [0.25, 0.3) is 0 Å². The largest absolute Gasteiger partial charge is 0.462 e. The number of hydrogen-bond acceptors (Lipinski definition) is 6. The summed E-state index contributed by atoms with van der Waals surface area (Å²) in [6.45, 7) is 6.48. The summed E-state index contributed by atoms with van der Waals surface area (Å²) in [5.74, 6) is -0.924. The third-order valence-electron chi connectivity index (χ3n) is 9.55. The fourth-order valence-corrected chi connectivity index (χ4v) is 6.04. The third-order valence-corrected chi connectivity index (χ3v) is 9.55. The highest BCUT2D eigenvalue weighted by atomic mass is 16.6. The highest BCUT2D eigenvalue weighted by molar-refractivity contribution is 5.71. The van der Waals surface area contributed by atoms with E-state index >= 15 is 0 Å². The van der Waals surface area contributed by atoms with Crippen LogP contribution in [0.3, 0.4) is 0 Å². The summed E-state index contributed by atoms with van der Waals surface area (Å²) < 4.78 is 16.7. The maximum absolute atomic E-state index is 12.7. The molecule has 0 aliphatic heterocycles. The number of esters is 3. The Labute approximate surface area is 333 Å². The number of hydrogen-bond donors (Lipinski definition) is 0. The molecule has 0 heterocycles. The minimum absolute atomic E-state index is 0.0865. The first-order valence-electron chi connectivity index (χ1n) is 22.7. The summed E-state index contributed by atoms with van der Waals surface area (Å²) in [4.78, 5) is 37.7. The van der Waals surface area contributed by atoms with E-state index in [0.29, 0.717) is 19.3 Å². The molecule has 0 fully saturated rings. The van der Waals surface area contributed by atoms with Crippen LogP contribution in [-0.4, -0.2) is 37.2 Å². The van der Waals surface area contributed by atoms with Crippen molar-refractivity contribution in [2.24, 2.45) is 0 Å². The molecule has 0 aromatic carbocycles. The Balaban J connectivity index is 4.39. The Morgan fingerprint density at radius 3 is 1.09 bits per heavy atom. The lowest BCUT2D eigenvalue weighted by atomic mass is 10.1. The van der Waals surface area contributed by atoms with Gasteiger partial charge in [-0.15, -0.1) is 0 Å². The smallest absolute Gasteiger partial charge is 0.306 e. The van der Waals surface area contributed by atoms with Crippen LogP contribution in [0.1, 0.15) is 220 Å². The molecule has 312 valence electrons. The number of rotatable bonds is 40. The standard InChI is InChI=1S/C48H84O6/c1-4-7-10-13-16-19-22-23-24-25-27-29-32-35-38-41-47(50)53-44-45(43-52-46(49)40-37-34-31-28-21-18-15-12-9-6-3)54-48(51)42-39-36-33-30-26-20-17-14-11-8-5-2/h14-19,22-23,45H,4-13,20-21,24-44H2,1-3H3/b17-14-,18-15-,19-16-,23-22-. The molecule has 0 saturated heterocycles. The zero-order chi connectivity index (χ0) is 39.4. The van der Waals surface area contributed by atoms with Crippen LogP contribution >= 0.6 is 0 Å². The van der Waals surface area contributed by atoms with E-state index < -0.39 is 6.10 Å². The molecule has 0 aromatic heterocycles. The molecule has 0 radical (unpaired) electrons. The lowest BCUT2D eigenvalue weighted by molar-refractivity contribution is -0.167. The number of ether oxygens (including phenoxy) is 3. The van der Waals surface area contributed by atoms with Gasteiger partial charge in [0, 0.05) is 19.3 Å². The first-order chi connectivity index (χ1) is 26.5. The second-order valence-corrected chi connectivity index (χ2v) is 15.0. The van der Waals surface area contributed by atoms with Crippen LogP contribution in [0.15, 0.2) is 48.6 Å². The number of carbonyl (C=O) groups is 3. The van der Waals surface area contributed by atoms with Crippen molar-refractivity contribution in [3.63, 3.8) is 0 Å². The van der Waals surface area contributed by atoms with Crippen LogP contribution in [0.4, 0.5) is 0 Å². The Morgan fingerprint density at radius 1 is 0.370 bits per heavy atom. The van der Waals surface area contributed by atoms with Crippen molar-refractivity contribution in [1.82, 2.24) is 0 Å². The summed E-state index contributed by atoms with van der Waals surface area (Å²) in [6.07, 6.45) is 49.5. The molecule has 0 spiro atoms. The summed E-state index contributed by atoms with van der Waals surface area (Å²) >= 11 is 0. The van der Waals surface area contributed by atoms with E-state index in [1.54, 1.807) is 0 Å². The van der Waals surface area contributed by atoms with Crippen LogP contribution in [-0.2, 0) is 28.6 Å². The minimum Gasteiger partial charge on any atom is -0.462 e. The van der Waals surface area contributed by atoms with Crippen molar-refractivity contribution in [3.05, 3.63) is 48.6 Å². The molecule has 6 nitrogen and oxygen atoms in total.